The standard InChI is InChI=1S/C21H22BrN5O2/c22-15-2-1-3-16(12-15)26-21-18-13-17(4-5-19(18)23-14-24-21)25-20(28)6-7-27-8-10-29-11-9-27/h1-5,12-14H,6-11H2,(H,25,28)(H,23,24,26). The Kier molecular flexibility index (Phi) is 6.33. The number of benzene rings is 2. The fraction of sp³-hybridized carbons (Fsp3) is 0.286. The van der Waals surface area contributed by atoms with Crippen molar-refractivity contribution >= 4 is 49.9 Å². The van der Waals surface area contributed by atoms with E-state index < -0.39 is 0 Å². The number of carbonyl (C=O) groups excluding carboxylic acids is 1. The summed E-state index contributed by atoms with van der Waals surface area (Å²) < 4.78 is 6.32. The number of hydrogen-bond acceptors (Lipinski definition) is 6. The van der Waals surface area contributed by atoms with Gasteiger partial charge in [-0.15, -0.1) is 0 Å². The molecule has 0 unspecified atom stereocenters. The van der Waals surface area contributed by atoms with Crippen molar-refractivity contribution in [2.45, 2.75) is 6.42 Å². The molecule has 1 aromatic heterocycles. The fourth-order valence-corrected chi connectivity index (χ4v) is 3.64. The molecule has 0 saturated carbocycles. The molecular weight excluding hydrogens is 434 g/mol. The molecule has 2 heterocycles. The topological polar surface area (TPSA) is 79.4 Å². The fourth-order valence-electron chi connectivity index (χ4n) is 3.24. The molecule has 8 heteroatoms. The Balaban J connectivity index is 1.46. The summed E-state index contributed by atoms with van der Waals surface area (Å²) in [4.78, 5) is 23.3. The second-order valence-corrected chi connectivity index (χ2v) is 7.76. The SMILES string of the molecule is O=C(CCN1CCOCC1)Nc1ccc2ncnc(Nc3cccc(Br)c3)c2c1. The van der Waals surface area contributed by atoms with Crippen LogP contribution in [0.3, 0.4) is 0 Å². The van der Waals surface area contributed by atoms with E-state index in [0.29, 0.717) is 12.2 Å². The van der Waals surface area contributed by atoms with Gasteiger partial charge in [0.05, 0.1) is 18.7 Å². The van der Waals surface area contributed by atoms with Gasteiger partial charge in [0.25, 0.3) is 0 Å². The summed E-state index contributed by atoms with van der Waals surface area (Å²) in [5.74, 6) is 0.687. The zero-order chi connectivity index (χ0) is 20.1. The lowest BCUT2D eigenvalue weighted by Gasteiger charge is -2.26. The summed E-state index contributed by atoms with van der Waals surface area (Å²) in [7, 11) is 0. The van der Waals surface area contributed by atoms with E-state index >= 15 is 0 Å². The lowest BCUT2D eigenvalue weighted by atomic mass is 10.2. The monoisotopic (exact) mass is 455 g/mol. The number of rotatable bonds is 6. The van der Waals surface area contributed by atoms with E-state index in [2.05, 4.69) is 41.4 Å². The number of nitrogens with one attached hydrogen (secondary N) is 2. The van der Waals surface area contributed by atoms with Gasteiger partial charge in [-0.05, 0) is 36.4 Å². The highest BCUT2D eigenvalue weighted by atomic mass is 79.9. The first-order chi connectivity index (χ1) is 14.2. The van der Waals surface area contributed by atoms with Gasteiger partial charge in [0, 0.05) is 47.3 Å². The second-order valence-electron chi connectivity index (χ2n) is 6.84. The molecule has 0 aliphatic carbocycles. The number of morpholine rings is 1. The van der Waals surface area contributed by atoms with Crippen molar-refractivity contribution in [1.82, 2.24) is 14.9 Å². The first-order valence-corrected chi connectivity index (χ1v) is 10.3. The third kappa shape index (κ3) is 5.29. The molecule has 1 amide bonds. The number of aromatic nitrogens is 2. The molecule has 1 aliphatic rings. The summed E-state index contributed by atoms with van der Waals surface area (Å²) >= 11 is 3.48. The zero-order valence-electron chi connectivity index (χ0n) is 15.9. The van der Waals surface area contributed by atoms with Crippen molar-refractivity contribution in [2.75, 3.05) is 43.5 Å². The van der Waals surface area contributed by atoms with Crippen LogP contribution in [0.1, 0.15) is 6.42 Å². The molecule has 0 bridgehead atoms. The van der Waals surface area contributed by atoms with Crippen LogP contribution in [0.25, 0.3) is 10.9 Å². The second kappa shape index (κ2) is 9.30. The molecule has 2 N–H and O–H groups in total. The molecule has 0 spiro atoms. The van der Waals surface area contributed by atoms with Gasteiger partial charge in [-0.25, -0.2) is 9.97 Å². The lowest BCUT2D eigenvalue weighted by molar-refractivity contribution is -0.116. The maximum Gasteiger partial charge on any atom is 0.225 e. The Bertz CT molecular complexity index is 1010. The summed E-state index contributed by atoms with van der Waals surface area (Å²) in [5.41, 5.74) is 2.46. The van der Waals surface area contributed by atoms with Crippen molar-refractivity contribution in [3.63, 3.8) is 0 Å². The highest BCUT2D eigenvalue weighted by Crippen LogP contribution is 2.27. The number of fused-ring (bicyclic) bond motifs is 1. The van der Waals surface area contributed by atoms with Gasteiger partial charge in [0.15, 0.2) is 0 Å². The van der Waals surface area contributed by atoms with Crippen molar-refractivity contribution < 1.29 is 9.53 Å². The van der Waals surface area contributed by atoms with Crippen LogP contribution in [0.15, 0.2) is 53.3 Å². The number of hydrogen-bond donors (Lipinski definition) is 2. The predicted octanol–water partition coefficient (Wildman–Crippen LogP) is 3.80. The van der Waals surface area contributed by atoms with Crippen LogP contribution in [0.4, 0.5) is 17.2 Å². The van der Waals surface area contributed by atoms with Crippen molar-refractivity contribution in [2.24, 2.45) is 0 Å². The quantitative estimate of drug-likeness (QED) is 0.588. The van der Waals surface area contributed by atoms with Gasteiger partial charge < -0.3 is 15.4 Å². The van der Waals surface area contributed by atoms with E-state index in [4.69, 9.17) is 4.74 Å². The summed E-state index contributed by atoms with van der Waals surface area (Å²) in [6.45, 7) is 3.97. The first kappa shape index (κ1) is 19.8. The maximum atomic E-state index is 12.4. The van der Waals surface area contributed by atoms with Gasteiger partial charge in [-0.2, -0.15) is 0 Å². The summed E-state index contributed by atoms with van der Waals surface area (Å²) in [5, 5.41) is 7.16. The molecular formula is C21H22BrN5O2. The Hall–Kier alpha value is -2.55. The Morgan fingerprint density at radius 2 is 1.97 bits per heavy atom. The molecule has 7 nitrogen and oxygen atoms in total. The van der Waals surface area contributed by atoms with Crippen LogP contribution in [-0.2, 0) is 9.53 Å². The zero-order valence-corrected chi connectivity index (χ0v) is 17.5. The minimum atomic E-state index is -0.00538. The van der Waals surface area contributed by atoms with Crippen molar-refractivity contribution in [3.05, 3.63) is 53.3 Å². The van der Waals surface area contributed by atoms with E-state index in [9.17, 15) is 4.79 Å². The molecule has 0 atom stereocenters. The molecule has 29 heavy (non-hydrogen) atoms. The van der Waals surface area contributed by atoms with Gasteiger partial charge in [0.2, 0.25) is 5.91 Å². The number of nitrogens with zero attached hydrogens (tertiary/aromatic N) is 3. The predicted molar refractivity (Wildman–Crippen MR) is 117 cm³/mol. The number of carbonyl (C=O) groups is 1. The average molecular weight is 456 g/mol. The normalized spacial score (nSPS) is 14.7. The van der Waals surface area contributed by atoms with Crippen LogP contribution in [0.5, 0.6) is 0 Å². The summed E-state index contributed by atoms with van der Waals surface area (Å²) in [6, 6.07) is 13.5. The van der Waals surface area contributed by atoms with E-state index in [1.807, 2.05) is 42.5 Å². The maximum absolute atomic E-state index is 12.4. The molecule has 150 valence electrons. The molecule has 1 aliphatic heterocycles. The molecule has 2 aromatic carbocycles. The molecule has 3 aromatic rings. The molecule has 1 fully saturated rings. The number of halogens is 1. The van der Waals surface area contributed by atoms with Crippen LogP contribution < -0.4 is 10.6 Å². The van der Waals surface area contributed by atoms with Crippen LogP contribution in [0, 0.1) is 0 Å². The van der Waals surface area contributed by atoms with E-state index in [-0.39, 0.29) is 5.91 Å². The Morgan fingerprint density at radius 1 is 1.10 bits per heavy atom. The number of amides is 1. The van der Waals surface area contributed by atoms with Crippen LogP contribution in [-0.4, -0.2) is 53.6 Å². The van der Waals surface area contributed by atoms with E-state index in [1.54, 1.807) is 0 Å². The Labute approximate surface area is 177 Å². The highest BCUT2D eigenvalue weighted by molar-refractivity contribution is 9.10. The van der Waals surface area contributed by atoms with Gasteiger partial charge >= 0.3 is 0 Å². The third-order valence-electron chi connectivity index (χ3n) is 4.77. The van der Waals surface area contributed by atoms with E-state index in [1.165, 1.54) is 6.33 Å². The number of ether oxygens (including phenoxy) is 1. The van der Waals surface area contributed by atoms with Crippen molar-refractivity contribution in [3.8, 4) is 0 Å². The minimum absolute atomic E-state index is 0.00538. The molecule has 4 rings (SSSR count). The van der Waals surface area contributed by atoms with Gasteiger partial charge in [0.1, 0.15) is 12.1 Å². The molecule has 0 radical (unpaired) electrons. The highest BCUT2D eigenvalue weighted by Gasteiger charge is 2.13. The smallest absolute Gasteiger partial charge is 0.225 e. The molecule has 1 saturated heterocycles. The van der Waals surface area contributed by atoms with Gasteiger partial charge in [-0.3, -0.25) is 9.69 Å². The van der Waals surface area contributed by atoms with Crippen LogP contribution >= 0.6 is 15.9 Å². The Morgan fingerprint density at radius 3 is 2.79 bits per heavy atom. The van der Waals surface area contributed by atoms with Gasteiger partial charge in [-0.1, -0.05) is 22.0 Å². The first-order valence-electron chi connectivity index (χ1n) is 9.55. The summed E-state index contributed by atoms with van der Waals surface area (Å²) in [6.07, 6.45) is 1.98. The minimum Gasteiger partial charge on any atom is -0.379 e. The third-order valence-corrected chi connectivity index (χ3v) is 5.26. The number of anilines is 3. The van der Waals surface area contributed by atoms with Crippen LogP contribution in [0.2, 0.25) is 0 Å². The lowest BCUT2D eigenvalue weighted by Crippen LogP contribution is -2.38. The largest absolute Gasteiger partial charge is 0.379 e. The van der Waals surface area contributed by atoms with E-state index in [0.717, 1.165) is 59.6 Å². The average Bonchev–Trinajstić information content (AvgIpc) is 2.73. The van der Waals surface area contributed by atoms with Crippen molar-refractivity contribution in [1.29, 1.82) is 0 Å².